The average Bonchev–Trinajstić information content (AvgIpc) is 2.79. The van der Waals surface area contributed by atoms with Gasteiger partial charge in [-0.05, 0) is 36.1 Å². The Morgan fingerprint density at radius 1 is 1.06 bits per heavy atom. The number of methoxy groups -OCH3 is 2. The second kappa shape index (κ2) is 9.47. The van der Waals surface area contributed by atoms with E-state index in [-0.39, 0.29) is 29.4 Å². The van der Waals surface area contributed by atoms with E-state index in [1.165, 1.54) is 42.5 Å². The third-order valence-electron chi connectivity index (χ3n) is 4.79. The van der Waals surface area contributed by atoms with Gasteiger partial charge in [-0.3, -0.25) is 4.79 Å². The van der Waals surface area contributed by atoms with Crippen molar-refractivity contribution in [1.29, 1.82) is 0 Å². The molecule has 0 N–H and O–H groups in total. The number of halogens is 2. The lowest BCUT2D eigenvalue weighted by Gasteiger charge is -2.16. The van der Waals surface area contributed by atoms with Crippen molar-refractivity contribution in [2.24, 2.45) is 0 Å². The predicted molar refractivity (Wildman–Crippen MR) is 116 cm³/mol. The first-order valence-corrected chi connectivity index (χ1v) is 10.8. The van der Waals surface area contributed by atoms with Crippen molar-refractivity contribution in [2.45, 2.75) is 31.0 Å². The highest BCUT2D eigenvalue weighted by atomic mass is 32.2. The Hall–Kier alpha value is -2.94. The Morgan fingerprint density at radius 2 is 1.81 bits per heavy atom. The van der Waals surface area contributed by atoms with Gasteiger partial charge < -0.3 is 14.0 Å². The number of rotatable bonds is 8. The normalized spacial score (nSPS) is 11.4. The third kappa shape index (κ3) is 5.04. The summed E-state index contributed by atoms with van der Waals surface area (Å²) in [5.74, 6) is -1.92. The Morgan fingerprint density at radius 3 is 2.45 bits per heavy atom. The van der Waals surface area contributed by atoms with E-state index in [0.717, 1.165) is 5.56 Å². The molecular formula is C22H23F2N3O3S. The molecule has 9 heteroatoms. The molecular weight excluding hydrogens is 424 g/mol. The van der Waals surface area contributed by atoms with Gasteiger partial charge in [0.05, 0.1) is 26.5 Å². The molecule has 0 aliphatic carbocycles. The van der Waals surface area contributed by atoms with Gasteiger partial charge in [0.15, 0.2) is 16.7 Å². The van der Waals surface area contributed by atoms with Gasteiger partial charge >= 0.3 is 0 Å². The lowest BCUT2D eigenvalue weighted by atomic mass is 10.1. The van der Waals surface area contributed by atoms with Crippen LogP contribution in [-0.2, 0) is 12.5 Å². The molecule has 0 amide bonds. The van der Waals surface area contributed by atoms with Crippen LogP contribution in [0.4, 0.5) is 8.78 Å². The largest absolute Gasteiger partial charge is 0.493 e. The predicted octanol–water partition coefficient (Wildman–Crippen LogP) is 4.59. The lowest BCUT2D eigenvalue weighted by molar-refractivity contribution is -0.0134. The molecule has 164 valence electrons. The highest BCUT2D eigenvalue weighted by molar-refractivity contribution is 7.98. The molecule has 6 nitrogen and oxygen atoms in total. The van der Waals surface area contributed by atoms with Crippen LogP contribution in [0.3, 0.4) is 0 Å². The fourth-order valence-electron chi connectivity index (χ4n) is 3.01. The summed E-state index contributed by atoms with van der Waals surface area (Å²) in [4.78, 5) is 20.8. The van der Waals surface area contributed by atoms with E-state index in [1.54, 1.807) is 37.8 Å². The van der Waals surface area contributed by atoms with Crippen LogP contribution in [-0.4, -0.2) is 35.0 Å². The summed E-state index contributed by atoms with van der Waals surface area (Å²) in [6, 6.07) is 9.63. The van der Waals surface area contributed by atoms with Crippen LogP contribution in [0, 0.1) is 0 Å². The van der Waals surface area contributed by atoms with Crippen LogP contribution in [0.15, 0.2) is 52.5 Å². The topological polar surface area (TPSA) is 66.2 Å². The molecule has 0 unspecified atom stereocenters. The van der Waals surface area contributed by atoms with Crippen LogP contribution < -0.4 is 15.0 Å². The zero-order chi connectivity index (χ0) is 22.6. The van der Waals surface area contributed by atoms with E-state index in [4.69, 9.17) is 9.47 Å². The standard InChI is InChI=1S/C22H23F2N3O3S/c1-5-22(23,24)19-11-16(25-21(26-19)31-4)15-7-9-20(28)27(13-15)12-14-6-8-17(29-2)18(10-14)30-3/h6-11,13H,5,12H2,1-4H3. The molecule has 0 saturated carbocycles. The smallest absolute Gasteiger partial charge is 0.289 e. The van der Waals surface area contributed by atoms with E-state index >= 15 is 0 Å². The Labute approximate surface area is 183 Å². The quantitative estimate of drug-likeness (QED) is 0.372. The maximum atomic E-state index is 14.3. The second-order valence-corrected chi connectivity index (χ2v) is 7.53. The third-order valence-corrected chi connectivity index (χ3v) is 5.33. The van der Waals surface area contributed by atoms with Gasteiger partial charge in [0.2, 0.25) is 0 Å². The molecule has 1 aromatic carbocycles. The van der Waals surface area contributed by atoms with Crippen molar-refractivity contribution in [2.75, 3.05) is 20.5 Å². The Kier molecular flexibility index (Phi) is 6.94. The molecule has 0 radical (unpaired) electrons. The number of thioether (sulfide) groups is 1. The molecule has 0 aliphatic rings. The first kappa shape index (κ1) is 22.7. The molecule has 0 aliphatic heterocycles. The number of alkyl halides is 2. The van der Waals surface area contributed by atoms with Gasteiger partial charge in [0.25, 0.3) is 11.5 Å². The van der Waals surface area contributed by atoms with Crippen LogP contribution >= 0.6 is 11.8 Å². The molecule has 0 fully saturated rings. The summed E-state index contributed by atoms with van der Waals surface area (Å²) in [5.41, 5.74) is 1.15. The minimum Gasteiger partial charge on any atom is -0.493 e. The summed E-state index contributed by atoms with van der Waals surface area (Å²) < 4.78 is 40.6. The summed E-state index contributed by atoms with van der Waals surface area (Å²) in [5, 5.41) is 0.248. The Balaban J connectivity index is 2.02. The minimum absolute atomic E-state index is 0.225. The monoisotopic (exact) mass is 447 g/mol. The summed E-state index contributed by atoms with van der Waals surface area (Å²) in [6.07, 6.45) is 2.97. The minimum atomic E-state index is -3.06. The van der Waals surface area contributed by atoms with E-state index in [9.17, 15) is 13.6 Å². The van der Waals surface area contributed by atoms with Crippen molar-refractivity contribution >= 4 is 11.8 Å². The molecule has 31 heavy (non-hydrogen) atoms. The van der Waals surface area contributed by atoms with E-state index in [1.807, 2.05) is 6.07 Å². The molecule has 0 atom stereocenters. The molecule has 0 saturated heterocycles. The average molecular weight is 448 g/mol. The van der Waals surface area contributed by atoms with Crippen molar-refractivity contribution in [3.63, 3.8) is 0 Å². The zero-order valence-electron chi connectivity index (χ0n) is 17.7. The van der Waals surface area contributed by atoms with Crippen LogP contribution in [0.1, 0.15) is 24.6 Å². The summed E-state index contributed by atoms with van der Waals surface area (Å²) >= 11 is 1.19. The Bertz CT molecular complexity index is 1140. The summed E-state index contributed by atoms with van der Waals surface area (Å²) in [6.45, 7) is 1.68. The fraction of sp³-hybridized carbons (Fsp3) is 0.318. The fourth-order valence-corrected chi connectivity index (χ4v) is 3.39. The number of hydrogen-bond donors (Lipinski definition) is 0. The maximum absolute atomic E-state index is 14.3. The molecule has 3 aromatic rings. The number of benzene rings is 1. The lowest BCUT2D eigenvalue weighted by Crippen LogP contribution is -2.19. The number of ether oxygens (including phenoxy) is 2. The van der Waals surface area contributed by atoms with Crippen LogP contribution in [0.5, 0.6) is 11.5 Å². The second-order valence-electron chi connectivity index (χ2n) is 6.76. The highest BCUT2D eigenvalue weighted by Crippen LogP contribution is 2.33. The molecule has 2 heterocycles. The SMILES string of the molecule is CCC(F)(F)c1cc(-c2ccc(=O)n(Cc3ccc(OC)c(OC)c3)c2)nc(SC)n1. The molecule has 2 aromatic heterocycles. The van der Waals surface area contributed by atoms with Gasteiger partial charge in [0, 0.05) is 24.2 Å². The van der Waals surface area contributed by atoms with Crippen LogP contribution in [0.2, 0.25) is 0 Å². The molecule has 0 spiro atoms. The van der Waals surface area contributed by atoms with E-state index in [0.29, 0.717) is 22.8 Å². The molecule has 0 bridgehead atoms. The maximum Gasteiger partial charge on any atom is 0.289 e. The van der Waals surface area contributed by atoms with Gasteiger partial charge in [-0.15, -0.1) is 0 Å². The zero-order valence-corrected chi connectivity index (χ0v) is 18.5. The number of pyridine rings is 1. The first-order valence-electron chi connectivity index (χ1n) is 9.54. The van der Waals surface area contributed by atoms with E-state index < -0.39 is 5.92 Å². The summed E-state index contributed by atoms with van der Waals surface area (Å²) in [7, 11) is 3.09. The van der Waals surface area contributed by atoms with Crippen molar-refractivity contribution in [3.05, 3.63) is 64.2 Å². The number of aromatic nitrogens is 3. The van der Waals surface area contributed by atoms with Crippen molar-refractivity contribution in [3.8, 4) is 22.8 Å². The van der Waals surface area contributed by atoms with Gasteiger partial charge in [0.1, 0.15) is 5.69 Å². The number of hydrogen-bond acceptors (Lipinski definition) is 6. The molecule has 3 rings (SSSR count). The van der Waals surface area contributed by atoms with Gasteiger partial charge in [-0.25, -0.2) is 9.97 Å². The highest BCUT2D eigenvalue weighted by Gasteiger charge is 2.32. The van der Waals surface area contributed by atoms with Gasteiger partial charge in [-0.1, -0.05) is 24.8 Å². The van der Waals surface area contributed by atoms with Crippen LogP contribution in [0.25, 0.3) is 11.3 Å². The van der Waals surface area contributed by atoms with Crippen molar-refractivity contribution < 1.29 is 18.3 Å². The first-order chi connectivity index (χ1) is 14.8. The number of nitrogens with zero attached hydrogens (tertiary/aromatic N) is 3. The van der Waals surface area contributed by atoms with E-state index in [2.05, 4.69) is 9.97 Å². The van der Waals surface area contributed by atoms with Gasteiger partial charge in [-0.2, -0.15) is 8.78 Å². The van der Waals surface area contributed by atoms with Crippen molar-refractivity contribution in [1.82, 2.24) is 14.5 Å².